The number of rotatable bonds is 84. The van der Waals surface area contributed by atoms with Gasteiger partial charge in [0.05, 0.1) is 75.7 Å². The largest absolute Gasteiger partial charge is 1.00 e. The van der Waals surface area contributed by atoms with E-state index in [1.807, 2.05) is 0 Å². The van der Waals surface area contributed by atoms with E-state index in [0.29, 0.717) is 50.1 Å². The van der Waals surface area contributed by atoms with Crippen LogP contribution in [-0.4, -0.2) is 85.5 Å². The number of halogens is 1. The number of phosphoric ester groups is 2. The Morgan fingerprint density at radius 2 is 0.321 bits per heavy atom. The Morgan fingerprint density at radius 3 is 0.440 bits per heavy atom. The van der Waals surface area contributed by atoms with E-state index >= 15 is 0 Å². The van der Waals surface area contributed by atoms with Gasteiger partial charge in [-0.1, -0.05) is 393 Å². The fourth-order valence-electron chi connectivity index (χ4n) is 15.6. The summed E-state index contributed by atoms with van der Waals surface area (Å²) < 4.78 is 44.5. The monoisotopic (exact) mass is 1690 g/mol. The van der Waals surface area contributed by atoms with Crippen LogP contribution in [0.2, 0.25) is 0 Å². The molecule has 0 aromatic heterocycles. The zero-order valence-electron chi connectivity index (χ0n) is 77.6. The lowest BCUT2D eigenvalue weighted by molar-refractivity contribution is -0.0000431. The number of unbranched alkanes of at least 4 members (excludes halogenated alkanes) is 44. The predicted octanol–water partition coefficient (Wildman–Crippen LogP) is 33.0. The molecule has 0 heterocycles. The maximum atomic E-state index is 11.9. The molecule has 0 saturated carbocycles. The highest BCUT2D eigenvalue weighted by Crippen LogP contribution is 2.63. The minimum atomic E-state index is -3.89. The second-order valence-electron chi connectivity index (χ2n) is 34.4. The van der Waals surface area contributed by atoms with Crippen LogP contribution in [0.15, 0.2) is 0 Å². The van der Waals surface area contributed by atoms with Crippen molar-refractivity contribution in [2.45, 2.75) is 522 Å². The second-order valence-corrected chi connectivity index (χ2v) is 46.3. The lowest BCUT2D eigenvalue weighted by Crippen LogP contribution is -3.00. The Bertz CT molecular complexity index is 1470. The van der Waals surface area contributed by atoms with E-state index in [2.05, 4.69) is 111 Å². The third-order valence-electron chi connectivity index (χ3n) is 24.0. The van der Waals surface area contributed by atoms with Crippen LogP contribution in [0, 0.1) is 23.7 Å². The third-order valence-corrected chi connectivity index (χ3v) is 36.0. The summed E-state index contributed by atoms with van der Waals surface area (Å²) in [6.45, 7) is 37.0. The van der Waals surface area contributed by atoms with Crippen molar-refractivity contribution in [2.75, 3.05) is 75.7 Å². The number of phosphoric acid groups is 2. The molecule has 4 atom stereocenters. The predicted molar refractivity (Wildman–Crippen MR) is 496 cm³/mol. The number of hydrogen-bond acceptors (Lipinski definition) is 6. The lowest BCUT2D eigenvalue weighted by Gasteiger charge is -2.28. The number of hydrogen-bond donors (Lipinski definition) is 2. The van der Waals surface area contributed by atoms with Gasteiger partial charge in [0.25, 0.3) is 0 Å². The van der Waals surface area contributed by atoms with E-state index in [1.54, 1.807) is 101 Å². The lowest BCUT2D eigenvalue weighted by atomic mass is 10.0. The summed E-state index contributed by atoms with van der Waals surface area (Å²) in [4.78, 5) is 19.5. The van der Waals surface area contributed by atoms with Crippen molar-refractivity contribution >= 4 is 30.2 Å². The Kier molecular flexibility index (Phi) is 102. The summed E-state index contributed by atoms with van der Waals surface area (Å²) in [5.41, 5.74) is 0. The summed E-state index contributed by atoms with van der Waals surface area (Å²) in [7, 11) is -9.22. The van der Waals surface area contributed by atoms with Crippen molar-refractivity contribution in [1.82, 2.24) is 0 Å². The molecule has 0 aliphatic heterocycles. The van der Waals surface area contributed by atoms with Crippen molar-refractivity contribution in [1.29, 1.82) is 0 Å². The molecule has 0 fully saturated rings. The standard InChI is InChI=1S/2C32H68P.2C16H35O4P.BrH/c2*1-5-9-13-17-21-25-29-33(30-26-22-18-14-10-6-2,31-27-23-19-15-11-7-3)32-28-24-20-16-12-8-4;2*1-5-9-11-15(7-3)13-19-21(17,18)20-14-16(8-4)12-10-6-2;/h2*5-32H2,1-4H3;2*15-16H,5-14H2,1-4H3,(H,17,18);1H/q2*+1;;;/p-1. The molecule has 2 N–H and O–H groups in total. The van der Waals surface area contributed by atoms with Gasteiger partial charge in [-0.3, -0.25) is 18.1 Å². The fourth-order valence-corrected chi connectivity index (χ4v) is 27.2. The van der Waals surface area contributed by atoms with Gasteiger partial charge in [-0.25, -0.2) is 9.13 Å². The van der Waals surface area contributed by atoms with Gasteiger partial charge in [-0.2, -0.15) is 0 Å². The molecule has 0 aromatic rings. The SMILES string of the molecule is CCCCC(CC)COP(=O)(O)OCC(CC)CCCC.CCCCC(CC)COP(=O)(O)OCC(CC)CCCC.CCCCCCCC[P+](CCCCCCCC)(CCCCCCCC)CCCCCCCC.CCCCCCCC[P+](CCCCCCCC)(CCCCCCCC)CCCCCCCC.[Br-]. The molecule has 0 saturated heterocycles. The zero-order valence-corrected chi connectivity index (χ0v) is 82.7. The first-order valence-corrected chi connectivity index (χ1v) is 57.4. The molecular formula is C96H206BrO8P4+. The smallest absolute Gasteiger partial charge is 0.472 e. The summed E-state index contributed by atoms with van der Waals surface area (Å²) >= 11 is 0. The summed E-state index contributed by atoms with van der Waals surface area (Å²) in [6.07, 6.45) is 101. The van der Waals surface area contributed by atoms with Gasteiger partial charge >= 0.3 is 15.6 Å². The van der Waals surface area contributed by atoms with Crippen LogP contribution in [0.4, 0.5) is 0 Å². The van der Waals surface area contributed by atoms with Gasteiger partial charge in [0.2, 0.25) is 0 Å². The minimum absolute atomic E-state index is 0. The van der Waals surface area contributed by atoms with Crippen LogP contribution >= 0.6 is 30.2 Å². The van der Waals surface area contributed by atoms with Gasteiger partial charge in [-0.15, -0.1) is 0 Å². The summed E-state index contributed by atoms with van der Waals surface area (Å²) in [6, 6.07) is 0. The first-order valence-electron chi connectivity index (χ1n) is 49.4. The zero-order chi connectivity index (χ0) is 80.9. The molecular weight excluding hydrogens is 1480 g/mol. The molecule has 0 aromatic carbocycles. The molecule has 0 radical (unpaired) electrons. The summed E-state index contributed by atoms with van der Waals surface area (Å²) in [5.74, 6) is 1.37. The van der Waals surface area contributed by atoms with E-state index in [1.165, 1.54) is 257 Å². The minimum Gasteiger partial charge on any atom is -1.00 e. The molecule has 0 amide bonds. The highest BCUT2D eigenvalue weighted by molar-refractivity contribution is 7.76. The van der Waals surface area contributed by atoms with Crippen molar-refractivity contribution in [2.24, 2.45) is 23.7 Å². The Morgan fingerprint density at radius 1 is 0.202 bits per heavy atom. The molecule has 13 heteroatoms. The van der Waals surface area contributed by atoms with Crippen LogP contribution < -0.4 is 17.0 Å². The quantitative estimate of drug-likeness (QED) is 0.0458. The molecule has 664 valence electrons. The van der Waals surface area contributed by atoms with Gasteiger partial charge in [0.1, 0.15) is 0 Å². The Hall–Kier alpha value is 1.56. The normalized spacial score (nSPS) is 14.0. The summed E-state index contributed by atoms with van der Waals surface area (Å²) in [5, 5.41) is 0. The second kappa shape index (κ2) is 93.4. The van der Waals surface area contributed by atoms with Crippen LogP contribution in [0.5, 0.6) is 0 Å². The van der Waals surface area contributed by atoms with Crippen LogP contribution in [0.25, 0.3) is 0 Å². The van der Waals surface area contributed by atoms with Gasteiger partial charge in [-0.05, 0) is 152 Å². The molecule has 109 heavy (non-hydrogen) atoms. The van der Waals surface area contributed by atoms with Gasteiger partial charge in [0, 0.05) is 14.5 Å². The van der Waals surface area contributed by atoms with Crippen molar-refractivity contribution < 1.29 is 54.0 Å². The first kappa shape index (κ1) is 119. The maximum Gasteiger partial charge on any atom is 0.472 e. The van der Waals surface area contributed by atoms with E-state index in [0.717, 1.165) is 103 Å². The average molecular weight is 1690 g/mol. The molecule has 8 nitrogen and oxygen atoms in total. The maximum absolute atomic E-state index is 11.9. The van der Waals surface area contributed by atoms with Crippen molar-refractivity contribution in [3.05, 3.63) is 0 Å². The van der Waals surface area contributed by atoms with E-state index in [9.17, 15) is 18.9 Å². The highest BCUT2D eigenvalue weighted by Gasteiger charge is 2.37. The molecule has 0 spiro atoms. The third kappa shape index (κ3) is 85.8. The Labute approximate surface area is 700 Å². The van der Waals surface area contributed by atoms with E-state index in [4.69, 9.17) is 18.1 Å². The molecule has 0 aliphatic carbocycles. The van der Waals surface area contributed by atoms with Crippen LogP contribution in [0.3, 0.4) is 0 Å². The van der Waals surface area contributed by atoms with Crippen molar-refractivity contribution in [3.8, 4) is 0 Å². The first-order chi connectivity index (χ1) is 52.5. The van der Waals surface area contributed by atoms with Crippen LogP contribution in [0.1, 0.15) is 522 Å². The molecule has 0 aliphatic rings. The molecule has 4 unspecified atom stereocenters. The van der Waals surface area contributed by atoms with Gasteiger partial charge in [0.15, 0.2) is 0 Å². The Balaban J connectivity index is -0.000000450. The van der Waals surface area contributed by atoms with Gasteiger partial charge < -0.3 is 26.8 Å². The van der Waals surface area contributed by atoms with E-state index in [-0.39, 0.29) is 17.0 Å². The topological polar surface area (TPSA) is 112 Å². The molecule has 0 bridgehead atoms. The highest BCUT2D eigenvalue weighted by atomic mass is 79.9. The van der Waals surface area contributed by atoms with E-state index < -0.39 is 30.2 Å². The van der Waals surface area contributed by atoms with Crippen molar-refractivity contribution in [3.63, 3.8) is 0 Å². The fraction of sp³-hybridized carbons (Fsp3) is 1.00. The average Bonchev–Trinajstić information content (AvgIpc) is 0.873. The van der Waals surface area contributed by atoms with Crippen LogP contribution in [-0.2, 0) is 27.2 Å². The molecule has 0 rings (SSSR count).